The molecule has 4 atom stereocenters. The highest BCUT2D eigenvalue weighted by molar-refractivity contribution is 6.30. The molecule has 1 N–H and O–H groups in total. The summed E-state index contributed by atoms with van der Waals surface area (Å²) >= 11 is 6.20. The van der Waals surface area contributed by atoms with Gasteiger partial charge in [-0.25, -0.2) is 0 Å². The quantitative estimate of drug-likeness (QED) is 0.250. The molecule has 1 saturated heterocycles. The van der Waals surface area contributed by atoms with Crippen molar-refractivity contribution in [2.24, 2.45) is 5.92 Å². The van der Waals surface area contributed by atoms with Gasteiger partial charge in [-0.2, -0.15) is 0 Å². The number of fused-ring (bicyclic) bond motifs is 2. The minimum Gasteiger partial charge on any atom is -0.504 e. The Kier molecular flexibility index (Phi) is 5.77. The zero-order chi connectivity index (χ0) is 29.6. The molecular weight excluding hydrogens is 572 g/mol. The Bertz CT molecular complexity index is 1810. The first-order chi connectivity index (χ1) is 21.4. The molecule has 7 heteroatoms. The van der Waals surface area contributed by atoms with E-state index in [-0.39, 0.29) is 24.2 Å². The molecule has 6 nitrogen and oxygen atoms in total. The number of phenolic OH excluding ortho intramolecular Hbond substituents is 1. The Morgan fingerprint density at radius 3 is 2.66 bits per heavy atom. The zero-order valence-electron chi connectivity index (χ0n) is 24.3. The van der Waals surface area contributed by atoms with Crippen LogP contribution in [0.2, 0.25) is 5.02 Å². The molecule has 1 saturated carbocycles. The molecule has 3 aromatic carbocycles. The number of carbonyl (C=O) groups excluding carboxylic acids is 1. The molecule has 0 unspecified atom stereocenters. The Morgan fingerprint density at radius 1 is 1.05 bits per heavy atom. The van der Waals surface area contributed by atoms with Crippen molar-refractivity contribution >= 4 is 17.6 Å². The number of phenols is 1. The van der Waals surface area contributed by atoms with Gasteiger partial charge in [0.25, 0.3) is 0 Å². The number of rotatable bonds is 6. The second-order valence-electron chi connectivity index (χ2n) is 13.3. The van der Waals surface area contributed by atoms with Gasteiger partial charge in [0.15, 0.2) is 17.6 Å². The molecule has 1 spiro atoms. The second-order valence-corrected chi connectivity index (χ2v) is 13.7. The molecule has 2 fully saturated rings. The van der Waals surface area contributed by atoms with Crippen LogP contribution in [0.1, 0.15) is 53.3 Å². The van der Waals surface area contributed by atoms with Crippen molar-refractivity contribution in [3.8, 4) is 22.6 Å². The van der Waals surface area contributed by atoms with E-state index in [9.17, 15) is 9.90 Å². The van der Waals surface area contributed by atoms with E-state index in [4.69, 9.17) is 26.1 Å². The van der Waals surface area contributed by atoms with Crippen molar-refractivity contribution < 1.29 is 19.4 Å². The van der Waals surface area contributed by atoms with E-state index in [0.717, 1.165) is 59.4 Å². The summed E-state index contributed by atoms with van der Waals surface area (Å²) in [7, 11) is 0. The first-order valence-corrected chi connectivity index (χ1v) is 16.1. The summed E-state index contributed by atoms with van der Waals surface area (Å²) in [5.74, 6) is 1.13. The first kappa shape index (κ1) is 26.5. The third-order valence-electron chi connectivity index (χ3n) is 10.9. The SMILES string of the molecule is O=C(Cc1ccccc1)O[C@@]12Cc3cc(-c4ccc(Cl)cc4)cnc3[C@@H]3Oc4c(O)ccc5c4[C@@]31CCN(CC1CC1)[C@@H]2C5. The van der Waals surface area contributed by atoms with E-state index < -0.39 is 17.1 Å². The first-order valence-electron chi connectivity index (χ1n) is 15.7. The molecule has 2 aliphatic heterocycles. The maximum atomic E-state index is 14.1. The number of esters is 1. The lowest BCUT2D eigenvalue weighted by atomic mass is 9.48. The largest absolute Gasteiger partial charge is 0.504 e. The Balaban J connectivity index is 1.24. The highest BCUT2D eigenvalue weighted by Gasteiger charge is 2.75. The molecule has 4 aromatic rings. The van der Waals surface area contributed by atoms with Gasteiger partial charge in [-0.1, -0.05) is 60.1 Å². The smallest absolute Gasteiger partial charge is 0.310 e. The lowest BCUT2D eigenvalue weighted by Gasteiger charge is -2.64. The van der Waals surface area contributed by atoms with Crippen LogP contribution < -0.4 is 4.74 Å². The maximum absolute atomic E-state index is 14.1. The van der Waals surface area contributed by atoms with Gasteiger partial charge in [-0.05, 0) is 84.7 Å². The Hall–Kier alpha value is -3.87. The molecule has 3 heterocycles. The fourth-order valence-corrected chi connectivity index (χ4v) is 8.93. The van der Waals surface area contributed by atoms with Crippen LogP contribution >= 0.6 is 11.6 Å². The van der Waals surface area contributed by atoms with Crippen LogP contribution in [0.4, 0.5) is 0 Å². The number of halogens is 1. The summed E-state index contributed by atoms with van der Waals surface area (Å²) in [6.07, 6.45) is 6.20. The van der Waals surface area contributed by atoms with E-state index in [2.05, 4.69) is 17.0 Å². The summed E-state index contributed by atoms with van der Waals surface area (Å²) in [4.78, 5) is 21.7. The van der Waals surface area contributed by atoms with Crippen LogP contribution in [-0.4, -0.2) is 45.7 Å². The summed E-state index contributed by atoms with van der Waals surface area (Å²) in [6, 6.07) is 23.6. The number of carbonyl (C=O) groups is 1. The fraction of sp³-hybridized carbons (Fsp3) is 0.351. The van der Waals surface area contributed by atoms with Crippen molar-refractivity contribution in [1.29, 1.82) is 0 Å². The normalized spacial score (nSPS) is 27.7. The van der Waals surface area contributed by atoms with Gasteiger partial charge in [0.1, 0.15) is 5.60 Å². The van der Waals surface area contributed by atoms with Gasteiger partial charge in [0, 0.05) is 35.3 Å². The number of aromatic nitrogens is 1. The van der Waals surface area contributed by atoms with Gasteiger partial charge in [0.2, 0.25) is 0 Å². The van der Waals surface area contributed by atoms with Crippen molar-refractivity contribution in [3.05, 3.63) is 112 Å². The van der Waals surface area contributed by atoms with Crippen LogP contribution in [-0.2, 0) is 34.2 Å². The second kappa shape index (κ2) is 9.56. The van der Waals surface area contributed by atoms with Crippen LogP contribution in [0.3, 0.4) is 0 Å². The molecule has 44 heavy (non-hydrogen) atoms. The van der Waals surface area contributed by atoms with Gasteiger partial charge >= 0.3 is 5.97 Å². The monoisotopic (exact) mass is 604 g/mol. The number of nitrogens with zero attached hydrogens (tertiary/aromatic N) is 2. The van der Waals surface area contributed by atoms with Crippen molar-refractivity contribution in [3.63, 3.8) is 0 Å². The highest BCUT2D eigenvalue weighted by Crippen LogP contribution is 2.69. The lowest BCUT2D eigenvalue weighted by Crippen LogP contribution is -2.76. The molecule has 0 amide bonds. The molecule has 0 radical (unpaired) electrons. The Labute approximate surface area is 261 Å². The Morgan fingerprint density at radius 2 is 1.86 bits per heavy atom. The number of pyridine rings is 1. The van der Waals surface area contributed by atoms with E-state index >= 15 is 0 Å². The number of hydrogen-bond donors (Lipinski definition) is 1. The number of aromatic hydroxyl groups is 1. The molecule has 2 bridgehead atoms. The number of ether oxygens (including phenoxy) is 2. The minimum atomic E-state index is -0.879. The minimum absolute atomic E-state index is 0.0157. The lowest BCUT2D eigenvalue weighted by molar-refractivity contribution is -0.209. The molecule has 5 aliphatic rings. The predicted octanol–water partition coefficient (Wildman–Crippen LogP) is 6.60. The van der Waals surface area contributed by atoms with Crippen molar-refractivity contribution in [2.45, 2.75) is 61.7 Å². The third-order valence-corrected chi connectivity index (χ3v) is 11.1. The number of hydrogen-bond acceptors (Lipinski definition) is 6. The average molecular weight is 605 g/mol. The van der Waals surface area contributed by atoms with Crippen LogP contribution in [0, 0.1) is 5.92 Å². The van der Waals surface area contributed by atoms with Gasteiger partial charge < -0.3 is 14.6 Å². The highest BCUT2D eigenvalue weighted by atomic mass is 35.5. The van der Waals surface area contributed by atoms with Crippen LogP contribution in [0.5, 0.6) is 11.5 Å². The van der Waals surface area contributed by atoms with E-state index in [0.29, 0.717) is 23.1 Å². The molecule has 1 aromatic heterocycles. The molecule has 222 valence electrons. The summed E-state index contributed by atoms with van der Waals surface area (Å²) in [5.41, 5.74) is 5.52. The summed E-state index contributed by atoms with van der Waals surface area (Å²) in [5, 5.41) is 11.8. The van der Waals surface area contributed by atoms with Gasteiger partial charge in [-0.15, -0.1) is 0 Å². The van der Waals surface area contributed by atoms with E-state index in [1.807, 2.05) is 60.8 Å². The van der Waals surface area contributed by atoms with Gasteiger partial charge in [-0.3, -0.25) is 14.7 Å². The number of benzene rings is 3. The topological polar surface area (TPSA) is 71.9 Å². The number of piperidine rings is 1. The third kappa shape index (κ3) is 3.77. The van der Waals surface area contributed by atoms with Crippen molar-refractivity contribution in [1.82, 2.24) is 9.88 Å². The maximum Gasteiger partial charge on any atom is 0.310 e. The fourth-order valence-electron chi connectivity index (χ4n) is 8.81. The predicted molar refractivity (Wildman–Crippen MR) is 167 cm³/mol. The standard InChI is InChI=1S/C37H33ClN2O4/c38-28-11-8-24(9-12-28)27-17-26-19-37(44-31(42)16-22-4-2-1-3-5-22)30-18-25-10-13-29(41)34-32(25)36(37,35(43-34)33(26)39-20-27)14-15-40(30)21-23-6-7-23/h1-5,8-13,17,20,23,30,35,41H,6-7,14-16,18-19,21H2/t30-,35+,36+,37-/m1/s1. The summed E-state index contributed by atoms with van der Waals surface area (Å²) < 4.78 is 13.8. The van der Waals surface area contributed by atoms with E-state index in [1.54, 1.807) is 6.07 Å². The zero-order valence-corrected chi connectivity index (χ0v) is 25.1. The summed E-state index contributed by atoms with van der Waals surface area (Å²) in [6.45, 7) is 1.91. The molecular formula is C37H33ClN2O4. The molecule has 3 aliphatic carbocycles. The molecule has 9 rings (SSSR count). The number of likely N-dealkylation sites (tertiary alicyclic amines) is 1. The van der Waals surface area contributed by atoms with Crippen LogP contribution in [0.15, 0.2) is 79.0 Å². The van der Waals surface area contributed by atoms with Gasteiger partial charge in [0.05, 0.1) is 23.6 Å². The van der Waals surface area contributed by atoms with Crippen molar-refractivity contribution in [2.75, 3.05) is 13.1 Å². The van der Waals surface area contributed by atoms with E-state index in [1.165, 1.54) is 18.4 Å². The van der Waals surface area contributed by atoms with Crippen LogP contribution in [0.25, 0.3) is 11.1 Å². The average Bonchev–Trinajstić information content (AvgIpc) is 3.77.